The third-order valence-electron chi connectivity index (χ3n) is 9.31. The maximum Gasteiger partial charge on any atom is 0.331 e. The summed E-state index contributed by atoms with van der Waals surface area (Å²) in [7, 11) is 3.79. The first kappa shape index (κ1) is 37.9. The molecule has 1 saturated heterocycles. The van der Waals surface area contributed by atoms with Crippen molar-refractivity contribution >= 4 is 35.0 Å². The van der Waals surface area contributed by atoms with Crippen LogP contribution < -0.4 is 10.6 Å². The van der Waals surface area contributed by atoms with Gasteiger partial charge in [-0.2, -0.15) is 0 Å². The lowest BCUT2D eigenvalue weighted by Gasteiger charge is -2.37. The van der Waals surface area contributed by atoms with Crippen LogP contribution >= 0.6 is 11.3 Å². The molecule has 11 heteroatoms. The standard InChI is InChI=1S/C36H53N5O5S/c1-8-24(4)32(39-34(43)30-16-12-13-19-40(30)6)35(44)41(7)29(23(2)3)17-18-31-38-28(22-47-31)33(42)37-27(20-25(5)36(45)46)21-26-14-10-9-11-15-26/h9-11,14-15,20,22-24,27,29-30,32H,8,12-13,16-19,21H2,1-7H3,(H,37,42)(H,39,43)(H,45,46)/t24-,27+,29+,30+,32-/m0/s1. The van der Waals surface area contributed by atoms with Gasteiger partial charge in [-0.15, -0.1) is 11.3 Å². The van der Waals surface area contributed by atoms with Gasteiger partial charge >= 0.3 is 5.97 Å². The van der Waals surface area contributed by atoms with Gasteiger partial charge in [0, 0.05) is 30.5 Å². The van der Waals surface area contributed by atoms with Crippen molar-refractivity contribution in [3.8, 4) is 0 Å². The average molecular weight is 668 g/mol. The van der Waals surface area contributed by atoms with Gasteiger partial charge in [0.25, 0.3) is 5.91 Å². The number of thiazole rings is 1. The molecule has 0 saturated carbocycles. The van der Waals surface area contributed by atoms with Gasteiger partial charge in [0.05, 0.1) is 17.1 Å². The van der Waals surface area contributed by atoms with Crippen molar-refractivity contribution in [3.63, 3.8) is 0 Å². The first-order valence-corrected chi connectivity index (χ1v) is 17.7. The van der Waals surface area contributed by atoms with Crippen molar-refractivity contribution in [2.75, 3.05) is 20.6 Å². The summed E-state index contributed by atoms with van der Waals surface area (Å²) in [6.07, 6.45) is 6.89. The predicted octanol–water partition coefficient (Wildman–Crippen LogP) is 4.95. The number of likely N-dealkylation sites (N-methyl/N-ethyl adjacent to an activating group) is 2. The maximum atomic E-state index is 13.9. The number of amides is 3. The third-order valence-corrected chi connectivity index (χ3v) is 10.2. The smallest absolute Gasteiger partial charge is 0.331 e. The topological polar surface area (TPSA) is 132 Å². The Kier molecular flexibility index (Phi) is 14.6. The Morgan fingerprint density at radius 3 is 2.45 bits per heavy atom. The molecule has 1 aromatic carbocycles. The molecule has 0 bridgehead atoms. The number of likely N-dealkylation sites (tertiary alicyclic amines) is 1. The van der Waals surface area contributed by atoms with Crippen molar-refractivity contribution in [2.45, 2.75) is 104 Å². The number of rotatable bonds is 16. The fourth-order valence-corrected chi connectivity index (χ4v) is 6.93. The van der Waals surface area contributed by atoms with Gasteiger partial charge in [-0.1, -0.05) is 76.9 Å². The number of benzene rings is 1. The van der Waals surface area contributed by atoms with Crippen LogP contribution in [0.15, 0.2) is 47.4 Å². The molecule has 5 atom stereocenters. The van der Waals surface area contributed by atoms with E-state index in [1.54, 1.807) is 16.4 Å². The molecule has 1 aliphatic rings. The molecule has 1 aliphatic heterocycles. The highest BCUT2D eigenvalue weighted by Crippen LogP contribution is 2.22. The fourth-order valence-electron chi connectivity index (χ4n) is 6.13. The van der Waals surface area contributed by atoms with Crippen LogP contribution in [0.3, 0.4) is 0 Å². The number of aryl methyl sites for hydroxylation is 1. The van der Waals surface area contributed by atoms with E-state index < -0.39 is 18.1 Å². The summed E-state index contributed by atoms with van der Waals surface area (Å²) in [6, 6.07) is 8.15. The van der Waals surface area contributed by atoms with Gasteiger partial charge in [0.15, 0.2) is 0 Å². The summed E-state index contributed by atoms with van der Waals surface area (Å²) in [6.45, 7) is 10.6. The molecule has 47 heavy (non-hydrogen) atoms. The van der Waals surface area contributed by atoms with Crippen LogP contribution in [0.1, 0.15) is 87.8 Å². The third kappa shape index (κ3) is 11.0. The number of carbonyl (C=O) groups is 4. The minimum absolute atomic E-state index is 0.0181. The van der Waals surface area contributed by atoms with E-state index in [0.717, 1.165) is 42.8 Å². The Morgan fingerprint density at radius 1 is 1.13 bits per heavy atom. The van der Waals surface area contributed by atoms with Crippen LogP contribution in [-0.2, 0) is 27.2 Å². The van der Waals surface area contributed by atoms with Gasteiger partial charge in [-0.05, 0) is 63.6 Å². The summed E-state index contributed by atoms with van der Waals surface area (Å²) in [5, 5.41) is 18.0. The molecular formula is C36H53N5O5S. The summed E-state index contributed by atoms with van der Waals surface area (Å²) in [5.41, 5.74) is 1.41. The number of nitrogens with zero attached hydrogens (tertiary/aromatic N) is 3. The number of carbonyl (C=O) groups excluding carboxylic acids is 3. The van der Waals surface area contributed by atoms with E-state index in [9.17, 15) is 24.3 Å². The monoisotopic (exact) mass is 667 g/mol. The molecule has 3 rings (SSSR count). The van der Waals surface area contributed by atoms with Gasteiger partial charge in [-0.25, -0.2) is 9.78 Å². The van der Waals surface area contributed by atoms with Crippen LogP contribution in [0.25, 0.3) is 0 Å². The largest absolute Gasteiger partial charge is 0.478 e. The Hall–Kier alpha value is -3.57. The lowest BCUT2D eigenvalue weighted by molar-refractivity contribution is -0.140. The first-order chi connectivity index (χ1) is 22.3. The molecule has 0 spiro atoms. The quantitative estimate of drug-likeness (QED) is 0.216. The average Bonchev–Trinajstić information content (AvgIpc) is 3.52. The van der Waals surface area contributed by atoms with Crippen LogP contribution in [0.5, 0.6) is 0 Å². The van der Waals surface area contributed by atoms with Crippen LogP contribution in [0.4, 0.5) is 0 Å². The van der Waals surface area contributed by atoms with E-state index in [0.29, 0.717) is 19.3 Å². The lowest BCUT2D eigenvalue weighted by Crippen LogP contribution is -2.57. The molecular weight excluding hydrogens is 614 g/mol. The molecule has 1 aromatic heterocycles. The van der Waals surface area contributed by atoms with Crippen molar-refractivity contribution in [3.05, 3.63) is 63.6 Å². The number of hydrogen-bond acceptors (Lipinski definition) is 7. The maximum absolute atomic E-state index is 13.9. The normalized spacial score (nSPS) is 18.2. The molecule has 3 N–H and O–H groups in total. The number of aliphatic carboxylic acids is 1. The van der Waals surface area contributed by atoms with E-state index in [1.165, 1.54) is 18.3 Å². The van der Waals surface area contributed by atoms with Gasteiger partial charge in [0.1, 0.15) is 11.7 Å². The summed E-state index contributed by atoms with van der Waals surface area (Å²) in [4.78, 5) is 60.4. The highest BCUT2D eigenvalue weighted by atomic mass is 32.1. The predicted molar refractivity (Wildman–Crippen MR) is 186 cm³/mol. The van der Waals surface area contributed by atoms with Crippen molar-refractivity contribution in [2.24, 2.45) is 11.8 Å². The van der Waals surface area contributed by atoms with Gasteiger partial charge in [0.2, 0.25) is 11.8 Å². The summed E-state index contributed by atoms with van der Waals surface area (Å²) < 4.78 is 0. The van der Waals surface area contributed by atoms with Crippen LogP contribution in [0, 0.1) is 11.8 Å². The van der Waals surface area contributed by atoms with Crippen LogP contribution in [0.2, 0.25) is 0 Å². The van der Waals surface area contributed by atoms with E-state index in [4.69, 9.17) is 0 Å². The van der Waals surface area contributed by atoms with Crippen LogP contribution in [-0.4, -0.2) is 88.4 Å². The number of aromatic nitrogens is 1. The molecule has 2 heterocycles. The number of nitrogens with one attached hydrogen (secondary N) is 2. The van der Waals surface area contributed by atoms with E-state index in [2.05, 4.69) is 34.4 Å². The number of carboxylic acids is 1. The first-order valence-electron chi connectivity index (χ1n) is 16.8. The van der Waals surface area contributed by atoms with Crippen molar-refractivity contribution < 1.29 is 24.3 Å². The Bertz CT molecular complexity index is 1380. The Labute approximate surface area is 284 Å². The zero-order valence-corrected chi connectivity index (χ0v) is 29.8. The number of hydrogen-bond donors (Lipinski definition) is 3. The minimum Gasteiger partial charge on any atom is -0.478 e. The summed E-state index contributed by atoms with van der Waals surface area (Å²) in [5.74, 6) is -1.42. The lowest BCUT2D eigenvalue weighted by atomic mass is 9.93. The molecule has 0 aliphatic carbocycles. The molecule has 10 nitrogen and oxygen atoms in total. The minimum atomic E-state index is -1.04. The summed E-state index contributed by atoms with van der Waals surface area (Å²) >= 11 is 1.39. The second kappa shape index (κ2) is 18.1. The Morgan fingerprint density at radius 2 is 1.83 bits per heavy atom. The van der Waals surface area contributed by atoms with Crippen molar-refractivity contribution in [1.29, 1.82) is 0 Å². The molecule has 258 valence electrons. The highest BCUT2D eigenvalue weighted by Gasteiger charge is 2.35. The Balaban J connectivity index is 1.67. The number of carboxylic acid groups (broad SMARTS) is 1. The molecule has 2 aromatic rings. The van der Waals surface area contributed by atoms with Crippen molar-refractivity contribution in [1.82, 2.24) is 25.4 Å². The fraction of sp³-hybridized carbons (Fsp3) is 0.583. The molecule has 3 amide bonds. The highest BCUT2D eigenvalue weighted by molar-refractivity contribution is 7.09. The molecule has 1 fully saturated rings. The van der Waals surface area contributed by atoms with E-state index >= 15 is 0 Å². The van der Waals surface area contributed by atoms with E-state index in [1.807, 2.05) is 58.3 Å². The second-order valence-electron chi connectivity index (χ2n) is 13.2. The zero-order valence-electron chi connectivity index (χ0n) is 29.0. The van der Waals surface area contributed by atoms with Gasteiger partial charge in [-0.3, -0.25) is 19.3 Å². The number of piperidine rings is 1. The second-order valence-corrected chi connectivity index (χ2v) is 14.2. The molecule has 0 radical (unpaired) electrons. The van der Waals surface area contributed by atoms with Gasteiger partial charge < -0.3 is 20.6 Å². The van der Waals surface area contributed by atoms with E-state index in [-0.39, 0.29) is 52.9 Å². The molecule has 0 unspecified atom stereocenters. The zero-order chi connectivity index (χ0) is 34.7. The SMILES string of the molecule is CC[C@H](C)[C@H](NC(=O)[C@H]1CCCCN1C)C(=O)N(C)[C@H](CCc1nc(C(=O)N[C@H](C=C(C)C(=O)O)Cc2ccccc2)cs1)C(C)C.